The molecule has 1 rings (SSSR count). The Labute approximate surface area is 129 Å². The van der Waals surface area contributed by atoms with Crippen LogP contribution in [0.1, 0.15) is 38.3 Å². The normalized spacial score (nSPS) is 12.0. The molecular weight excluding hydrogens is 292 g/mol. The standard InChI is InChI=1S/C15H21ClN2O3/c1-10(2)6-5-9-17-15(21)18-13(14(19)20)11-7-3-4-8-12(11)16/h3-4,7-8,10,13H,5-6,9H2,1-2H3,(H,19,20)(H2,17,18,21)/t13-/m1/s1. The van der Waals surface area contributed by atoms with Gasteiger partial charge >= 0.3 is 12.0 Å². The van der Waals surface area contributed by atoms with Crippen LogP contribution in [0.4, 0.5) is 4.79 Å². The van der Waals surface area contributed by atoms with Crippen LogP contribution in [0.25, 0.3) is 0 Å². The van der Waals surface area contributed by atoms with Crippen LogP contribution in [0.3, 0.4) is 0 Å². The summed E-state index contributed by atoms with van der Waals surface area (Å²) in [7, 11) is 0. The first kappa shape index (κ1) is 17.3. The molecule has 0 heterocycles. The monoisotopic (exact) mass is 312 g/mol. The molecule has 0 fully saturated rings. The summed E-state index contributed by atoms with van der Waals surface area (Å²) < 4.78 is 0. The summed E-state index contributed by atoms with van der Waals surface area (Å²) in [6, 6.07) is 4.89. The average Bonchev–Trinajstić information content (AvgIpc) is 2.41. The minimum Gasteiger partial charge on any atom is -0.479 e. The minimum atomic E-state index is -1.16. The molecule has 0 spiro atoms. The van der Waals surface area contributed by atoms with Crippen LogP contribution >= 0.6 is 11.6 Å². The molecule has 0 aliphatic carbocycles. The number of hydrogen-bond acceptors (Lipinski definition) is 2. The Balaban J connectivity index is 2.58. The van der Waals surface area contributed by atoms with E-state index in [1.807, 2.05) is 0 Å². The van der Waals surface area contributed by atoms with Gasteiger partial charge in [-0.15, -0.1) is 0 Å². The van der Waals surface area contributed by atoms with Gasteiger partial charge in [-0.1, -0.05) is 43.6 Å². The van der Waals surface area contributed by atoms with E-state index in [-0.39, 0.29) is 0 Å². The summed E-state index contributed by atoms with van der Waals surface area (Å²) in [6.45, 7) is 4.73. The van der Waals surface area contributed by atoms with Crippen molar-refractivity contribution in [3.05, 3.63) is 34.9 Å². The Kier molecular flexibility index (Phi) is 7.02. The van der Waals surface area contributed by atoms with Crippen LogP contribution in [-0.4, -0.2) is 23.7 Å². The molecule has 0 aliphatic rings. The zero-order valence-corrected chi connectivity index (χ0v) is 13.0. The largest absolute Gasteiger partial charge is 0.479 e. The summed E-state index contributed by atoms with van der Waals surface area (Å²) in [5, 5.41) is 14.6. The molecule has 1 aromatic rings. The van der Waals surface area contributed by atoms with Crippen LogP contribution in [-0.2, 0) is 4.79 Å². The van der Waals surface area contributed by atoms with Crippen LogP contribution in [0, 0.1) is 5.92 Å². The van der Waals surface area contributed by atoms with Crippen LogP contribution in [0.2, 0.25) is 5.02 Å². The topological polar surface area (TPSA) is 78.4 Å². The summed E-state index contributed by atoms with van der Waals surface area (Å²) >= 11 is 5.97. The number of rotatable bonds is 7. The van der Waals surface area contributed by atoms with Crippen molar-refractivity contribution in [1.29, 1.82) is 0 Å². The van der Waals surface area contributed by atoms with Gasteiger partial charge in [-0.3, -0.25) is 0 Å². The lowest BCUT2D eigenvalue weighted by molar-refractivity contribution is -0.139. The lowest BCUT2D eigenvalue weighted by Gasteiger charge is -2.16. The van der Waals surface area contributed by atoms with Gasteiger partial charge in [0.1, 0.15) is 0 Å². The van der Waals surface area contributed by atoms with Gasteiger partial charge in [0.25, 0.3) is 0 Å². The second kappa shape index (κ2) is 8.52. The predicted octanol–water partition coefficient (Wildman–Crippen LogP) is 3.20. The van der Waals surface area contributed by atoms with E-state index in [0.29, 0.717) is 23.0 Å². The first-order chi connectivity index (χ1) is 9.91. The summed E-state index contributed by atoms with van der Waals surface area (Å²) in [6.07, 6.45) is 1.86. The highest BCUT2D eigenvalue weighted by Crippen LogP contribution is 2.22. The van der Waals surface area contributed by atoms with Gasteiger partial charge in [0, 0.05) is 17.1 Å². The molecule has 0 aromatic heterocycles. The van der Waals surface area contributed by atoms with Crippen LogP contribution < -0.4 is 10.6 Å². The molecule has 0 unspecified atom stereocenters. The Bertz CT molecular complexity index is 492. The molecule has 0 bridgehead atoms. The maximum absolute atomic E-state index is 11.8. The first-order valence-electron chi connectivity index (χ1n) is 6.93. The van der Waals surface area contributed by atoms with Gasteiger partial charge in [0.2, 0.25) is 0 Å². The van der Waals surface area contributed by atoms with Crippen molar-refractivity contribution in [2.45, 2.75) is 32.7 Å². The molecule has 3 N–H and O–H groups in total. The van der Waals surface area contributed by atoms with E-state index in [2.05, 4.69) is 24.5 Å². The number of halogens is 1. The SMILES string of the molecule is CC(C)CCCNC(=O)N[C@@H](C(=O)O)c1ccccc1Cl. The fraction of sp³-hybridized carbons (Fsp3) is 0.467. The lowest BCUT2D eigenvalue weighted by atomic mass is 10.1. The van der Waals surface area contributed by atoms with E-state index in [9.17, 15) is 14.7 Å². The Morgan fingerprint density at radius 1 is 1.29 bits per heavy atom. The second-order valence-corrected chi connectivity index (χ2v) is 5.64. The molecule has 21 heavy (non-hydrogen) atoms. The van der Waals surface area contributed by atoms with E-state index in [1.54, 1.807) is 24.3 Å². The van der Waals surface area contributed by atoms with Crippen LogP contribution in [0.5, 0.6) is 0 Å². The average molecular weight is 313 g/mol. The van der Waals surface area contributed by atoms with E-state index < -0.39 is 18.0 Å². The van der Waals surface area contributed by atoms with Crippen molar-refractivity contribution in [3.8, 4) is 0 Å². The Morgan fingerprint density at radius 2 is 1.95 bits per heavy atom. The van der Waals surface area contributed by atoms with Crippen molar-refractivity contribution in [2.24, 2.45) is 5.92 Å². The zero-order chi connectivity index (χ0) is 15.8. The zero-order valence-electron chi connectivity index (χ0n) is 12.2. The van der Waals surface area contributed by atoms with E-state index in [0.717, 1.165) is 12.8 Å². The highest BCUT2D eigenvalue weighted by atomic mass is 35.5. The number of amides is 2. The molecule has 0 radical (unpaired) electrons. The Morgan fingerprint density at radius 3 is 2.52 bits per heavy atom. The van der Waals surface area contributed by atoms with E-state index in [1.165, 1.54) is 0 Å². The molecule has 0 saturated heterocycles. The second-order valence-electron chi connectivity index (χ2n) is 5.23. The van der Waals surface area contributed by atoms with Gasteiger partial charge < -0.3 is 15.7 Å². The molecular formula is C15H21ClN2O3. The fourth-order valence-electron chi connectivity index (χ4n) is 1.88. The van der Waals surface area contributed by atoms with Crippen molar-refractivity contribution in [3.63, 3.8) is 0 Å². The predicted molar refractivity (Wildman–Crippen MR) is 82.4 cm³/mol. The maximum atomic E-state index is 11.8. The fourth-order valence-corrected chi connectivity index (χ4v) is 2.12. The molecule has 0 saturated carbocycles. The first-order valence-corrected chi connectivity index (χ1v) is 7.31. The van der Waals surface area contributed by atoms with Gasteiger partial charge in [0.15, 0.2) is 6.04 Å². The summed E-state index contributed by atoms with van der Waals surface area (Å²) in [5.41, 5.74) is 0.365. The number of carbonyl (C=O) groups excluding carboxylic acids is 1. The molecule has 116 valence electrons. The molecule has 0 aliphatic heterocycles. The highest BCUT2D eigenvalue weighted by molar-refractivity contribution is 6.31. The van der Waals surface area contributed by atoms with Gasteiger partial charge in [-0.2, -0.15) is 0 Å². The maximum Gasteiger partial charge on any atom is 0.331 e. The summed E-state index contributed by atoms with van der Waals surface area (Å²) in [5.74, 6) is -0.579. The number of benzene rings is 1. The smallest absolute Gasteiger partial charge is 0.331 e. The number of urea groups is 1. The number of hydrogen-bond donors (Lipinski definition) is 3. The molecule has 1 aromatic carbocycles. The number of nitrogens with one attached hydrogen (secondary N) is 2. The van der Waals surface area contributed by atoms with E-state index >= 15 is 0 Å². The summed E-state index contributed by atoms with van der Waals surface area (Å²) in [4.78, 5) is 23.1. The van der Waals surface area contributed by atoms with Crippen molar-refractivity contribution < 1.29 is 14.7 Å². The third kappa shape index (κ3) is 6.04. The lowest BCUT2D eigenvalue weighted by Crippen LogP contribution is -2.41. The number of carboxylic acid groups (broad SMARTS) is 1. The minimum absolute atomic E-state index is 0.310. The van der Waals surface area contributed by atoms with Crippen molar-refractivity contribution >= 4 is 23.6 Å². The van der Waals surface area contributed by atoms with Crippen molar-refractivity contribution in [1.82, 2.24) is 10.6 Å². The molecule has 1 atom stereocenters. The molecule has 2 amide bonds. The molecule has 6 heteroatoms. The van der Waals surface area contributed by atoms with E-state index in [4.69, 9.17) is 11.6 Å². The molecule has 5 nitrogen and oxygen atoms in total. The van der Waals surface area contributed by atoms with Gasteiger partial charge in [0.05, 0.1) is 0 Å². The van der Waals surface area contributed by atoms with Gasteiger partial charge in [-0.05, 0) is 24.8 Å². The van der Waals surface area contributed by atoms with Crippen LogP contribution in [0.15, 0.2) is 24.3 Å². The van der Waals surface area contributed by atoms with Gasteiger partial charge in [-0.25, -0.2) is 9.59 Å². The number of aliphatic carboxylic acids is 1. The third-order valence-corrected chi connectivity index (χ3v) is 3.33. The Hall–Kier alpha value is -1.75. The number of carboxylic acids is 1. The highest BCUT2D eigenvalue weighted by Gasteiger charge is 2.23. The van der Waals surface area contributed by atoms with Crippen molar-refractivity contribution in [2.75, 3.05) is 6.54 Å². The number of carbonyl (C=O) groups is 2. The third-order valence-electron chi connectivity index (χ3n) is 2.98. The quantitative estimate of drug-likeness (QED) is 0.676.